The Hall–Kier alpha value is -3.49. The molecule has 0 fully saturated rings. The van der Waals surface area contributed by atoms with Crippen LogP contribution in [0.15, 0.2) is 48.8 Å². The zero-order valence-electron chi connectivity index (χ0n) is 20.0. The molecule has 0 aliphatic carbocycles. The predicted molar refractivity (Wildman–Crippen MR) is 128 cm³/mol. The molecule has 0 radical (unpaired) electrons. The van der Waals surface area contributed by atoms with Crippen molar-refractivity contribution in [2.24, 2.45) is 0 Å². The summed E-state index contributed by atoms with van der Waals surface area (Å²) >= 11 is 0. The summed E-state index contributed by atoms with van der Waals surface area (Å²) in [6.07, 6.45) is 0.656. The van der Waals surface area contributed by atoms with E-state index in [1.807, 2.05) is 13.8 Å². The van der Waals surface area contributed by atoms with Crippen LogP contribution >= 0.6 is 0 Å². The van der Waals surface area contributed by atoms with Crippen LogP contribution in [0.1, 0.15) is 42.7 Å². The fraction of sp³-hybridized carbons (Fsp3) is 0.385. The number of likely N-dealkylation sites (N-methyl/N-ethyl adjacent to an activating group) is 1. The van der Waals surface area contributed by atoms with E-state index in [1.54, 1.807) is 23.4 Å². The molecular weight excluding hydrogens is 455 g/mol. The quantitative estimate of drug-likeness (QED) is 0.530. The number of anilines is 1. The maximum absolute atomic E-state index is 13.0. The van der Waals surface area contributed by atoms with E-state index in [0.717, 1.165) is 47.6 Å². The Balaban J connectivity index is 1.46. The van der Waals surface area contributed by atoms with Crippen molar-refractivity contribution < 1.29 is 18.0 Å². The number of hydrogen-bond acceptors (Lipinski definition) is 5. The number of amides is 1. The highest BCUT2D eigenvalue weighted by atomic mass is 19.4. The maximum Gasteiger partial charge on any atom is 0.416 e. The van der Waals surface area contributed by atoms with Crippen LogP contribution < -0.4 is 5.32 Å². The Morgan fingerprint density at radius 3 is 2.49 bits per heavy atom. The fourth-order valence-electron chi connectivity index (χ4n) is 4.38. The number of fused-ring (bicyclic) bond motifs is 1. The van der Waals surface area contributed by atoms with Gasteiger partial charge in [-0.25, -0.2) is 15.0 Å². The third-order valence-electron chi connectivity index (χ3n) is 6.38. The average molecular weight is 484 g/mol. The minimum Gasteiger partial charge on any atom is -0.363 e. The van der Waals surface area contributed by atoms with Crippen molar-refractivity contribution in [3.63, 3.8) is 0 Å². The molecule has 0 saturated carbocycles. The Labute approximate surface area is 202 Å². The lowest BCUT2D eigenvalue weighted by molar-refractivity contribution is -0.137. The number of carbonyl (C=O) groups excluding carboxylic acids is 1. The summed E-state index contributed by atoms with van der Waals surface area (Å²) in [5.41, 5.74) is 2.25. The zero-order chi connectivity index (χ0) is 25.2. The highest BCUT2D eigenvalue weighted by molar-refractivity contribution is 5.79. The second-order valence-electron chi connectivity index (χ2n) is 9.17. The molecule has 6 nitrogen and oxygen atoms in total. The van der Waals surface area contributed by atoms with Gasteiger partial charge in [0, 0.05) is 31.0 Å². The first-order valence-electron chi connectivity index (χ1n) is 11.6. The lowest BCUT2D eigenvalue weighted by atomic mass is 9.87. The van der Waals surface area contributed by atoms with Gasteiger partial charge >= 0.3 is 6.18 Å². The zero-order valence-corrected chi connectivity index (χ0v) is 20.0. The number of halogens is 3. The van der Waals surface area contributed by atoms with E-state index in [-0.39, 0.29) is 17.9 Å². The van der Waals surface area contributed by atoms with Gasteiger partial charge in [0.1, 0.15) is 5.82 Å². The Morgan fingerprint density at radius 1 is 1.17 bits per heavy atom. The lowest BCUT2D eigenvalue weighted by Gasteiger charge is -2.40. The molecular formula is C26H28F3N5O. The molecule has 1 amide bonds. The number of pyridine rings is 1. The summed E-state index contributed by atoms with van der Waals surface area (Å²) in [5.74, 6) is 1.31. The van der Waals surface area contributed by atoms with Crippen molar-refractivity contribution in [3.05, 3.63) is 71.2 Å². The van der Waals surface area contributed by atoms with E-state index in [1.165, 1.54) is 12.1 Å². The van der Waals surface area contributed by atoms with Gasteiger partial charge in [-0.2, -0.15) is 13.2 Å². The van der Waals surface area contributed by atoms with Crippen molar-refractivity contribution in [1.29, 1.82) is 0 Å². The van der Waals surface area contributed by atoms with Gasteiger partial charge in [-0.3, -0.25) is 4.79 Å². The number of hydrogen-bond donors (Lipinski definition) is 1. The number of alkyl halides is 3. The van der Waals surface area contributed by atoms with Crippen LogP contribution in [0, 0.1) is 6.92 Å². The molecule has 1 atom stereocenters. The van der Waals surface area contributed by atoms with Gasteiger partial charge in [-0.1, -0.05) is 12.1 Å². The number of nitrogens with zero attached hydrogens (tertiary/aromatic N) is 4. The van der Waals surface area contributed by atoms with Gasteiger partial charge in [0.15, 0.2) is 5.82 Å². The van der Waals surface area contributed by atoms with Crippen LogP contribution in [0.4, 0.5) is 19.0 Å². The van der Waals surface area contributed by atoms with Crippen LogP contribution in [0.2, 0.25) is 0 Å². The predicted octanol–water partition coefficient (Wildman–Crippen LogP) is 5.07. The van der Waals surface area contributed by atoms with E-state index < -0.39 is 11.7 Å². The summed E-state index contributed by atoms with van der Waals surface area (Å²) in [4.78, 5) is 28.2. The number of rotatable bonds is 6. The van der Waals surface area contributed by atoms with Gasteiger partial charge in [-0.05, 0) is 69.0 Å². The molecule has 4 rings (SSSR count). The van der Waals surface area contributed by atoms with Crippen molar-refractivity contribution in [2.45, 2.75) is 51.7 Å². The van der Waals surface area contributed by atoms with Gasteiger partial charge in [-0.15, -0.1) is 0 Å². The average Bonchev–Trinajstić information content (AvgIpc) is 2.82. The van der Waals surface area contributed by atoms with Crippen molar-refractivity contribution in [2.75, 3.05) is 18.4 Å². The minimum absolute atomic E-state index is 0.0520. The molecule has 0 spiro atoms. The number of benzene rings is 1. The largest absolute Gasteiger partial charge is 0.416 e. The molecule has 0 saturated heterocycles. The van der Waals surface area contributed by atoms with Crippen LogP contribution in [-0.2, 0) is 23.8 Å². The summed E-state index contributed by atoms with van der Waals surface area (Å²) < 4.78 is 38.4. The van der Waals surface area contributed by atoms with Gasteiger partial charge in [0.05, 0.1) is 23.2 Å². The maximum atomic E-state index is 13.0. The molecule has 1 N–H and O–H groups in total. The Kier molecular flexibility index (Phi) is 6.78. The Morgan fingerprint density at radius 2 is 1.86 bits per heavy atom. The van der Waals surface area contributed by atoms with E-state index >= 15 is 0 Å². The number of aromatic nitrogens is 3. The second kappa shape index (κ2) is 9.64. The van der Waals surface area contributed by atoms with Crippen molar-refractivity contribution in [3.8, 4) is 11.4 Å². The van der Waals surface area contributed by atoms with Crippen molar-refractivity contribution in [1.82, 2.24) is 19.9 Å². The molecule has 1 aromatic carbocycles. The van der Waals surface area contributed by atoms with Gasteiger partial charge in [0.25, 0.3) is 0 Å². The van der Waals surface area contributed by atoms with Crippen molar-refractivity contribution >= 4 is 11.7 Å². The highest BCUT2D eigenvalue weighted by Gasteiger charge is 2.34. The third kappa shape index (κ3) is 5.61. The number of aryl methyl sites for hydroxylation is 2. The van der Waals surface area contributed by atoms with Crippen LogP contribution in [-0.4, -0.2) is 44.4 Å². The molecule has 35 heavy (non-hydrogen) atoms. The second-order valence-corrected chi connectivity index (χ2v) is 9.17. The van der Waals surface area contributed by atoms with E-state index in [9.17, 15) is 18.0 Å². The van der Waals surface area contributed by atoms with E-state index in [4.69, 9.17) is 4.98 Å². The lowest BCUT2D eigenvalue weighted by Crippen LogP contribution is -2.51. The SMILES string of the molecule is CCN(C[C@@]1(C)CCc2cc(-c3ncccn3)c(C)nc2N1)C(=O)Cc1ccc(C(F)(F)F)cc1. The molecule has 1 aliphatic heterocycles. The summed E-state index contributed by atoms with van der Waals surface area (Å²) in [7, 11) is 0. The fourth-order valence-corrected chi connectivity index (χ4v) is 4.38. The first-order valence-corrected chi connectivity index (χ1v) is 11.6. The molecule has 3 aromatic rings. The first kappa shape index (κ1) is 24.6. The Bertz CT molecular complexity index is 1200. The van der Waals surface area contributed by atoms with Gasteiger partial charge < -0.3 is 10.2 Å². The van der Waals surface area contributed by atoms with Crippen LogP contribution in [0.3, 0.4) is 0 Å². The standard InChI is InChI=1S/C26H28F3N5O/c1-4-34(22(35)14-18-6-8-20(9-7-18)26(27,28)29)16-25(3)11-10-19-15-21(17(2)32-23(19)33-25)24-30-12-5-13-31-24/h5-9,12-13,15H,4,10-11,14,16H2,1-3H3,(H,32,33)/t25-/m1/s1. The number of nitrogens with one attached hydrogen (secondary N) is 1. The summed E-state index contributed by atoms with van der Waals surface area (Å²) in [6.45, 7) is 6.85. The van der Waals surface area contributed by atoms with E-state index in [2.05, 4.69) is 28.3 Å². The summed E-state index contributed by atoms with van der Waals surface area (Å²) in [6, 6.07) is 8.62. The highest BCUT2D eigenvalue weighted by Crippen LogP contribution is 2.34. The first-order chi connectivity index (χ1) is 16.6. The smallest absolute Gasteiger partial charge is 0.363 e. The molecule has 184 valence electrons. The summed E-state index contributed by atoms with van der Waals surface area (Å²) in [5, 5.41) is 3.53. The molecule has 0 bridgehead atoms. The van der Waals surface area contributed by atoms with Crippen LogP contribution in [0.5, 0.6) is 0 Å². The molecule has 3 heterocycles. The molecule has 0 unspecified atom stereocenters. The minimum atomic E-state index is -4.39. The molecule has 1 aliphatic rings. The molecule has 2 aromatic heterocycles. The number of carbonyl (C=O) groups is 1. The topological polar surface area (TPSA) is 71.0 Å². The van der Waals surface area contributed by atoms with Crippen LogP contribution in [0.25, 0.3) is 11.4 Å². The monoisotopic (exact) mass is 483 g/mol. The third-order valence-corrected chi connectivity index (χ3v) is 6.38. The normalized spacial score (nSPS) is 17.4. The van der Waals surface area contributed by atoms with E-state index in [0.29, 0.717) is 24.5 Å². The van der Waals surface area contributed by atoms with Gasteiger partial charge in [0.2, 0.25) is 5.91 Å². The molecule has 9 heteroatoms.